The van der Waals surface area contributed by atoms with E-state index in [2.05, 4.69) is 10.2 Å². The van der Waals surface area contributed by atoms with Gasteiger partial charge in [0.25, 0.3) is 0 Å². The van der Waals surface area contributed by atoms with Crippen LogP contribution in [0.5, 0.6) is 0 Å². The van der Waals surface area contributed by atoms with Gasteiger partial charge in [0.15, 0.2) is 0 Å². The summed E-state index contributed by atoms with van der Waals surface area (Å²) in [6.45, 7) is 6.00. The second-order valence-corrected chi connectivity index (χ2v) is 4.35. The van der Waals surface area contributed by atoms with E-state index >= 15 is 0 Å². The van der Waals surface area contributed by atoms with Gasteiger partial charge in [-0.15, -0.1) is 0 Å². The second-order valence-electron chi connectivity index (χ2n) is 4.35. The second kappa shape index (κ2) is 5.66. The van der Waals surface area contributed by atoms with Crippen LogP contribution in [0.1, 0.15) is 19.8 Å². The number of rotatable bonds is 6. The van der Waals surface area contributed by atoms with E-state index in [1.54, 1.807) is 0 Å². The summed E-state index contributed by atoms with van der Waals surface area (Å²) in [5.74, 6) is 0. The summed E-state index contributed by atoms with van der Waals surface area (Å²) >= 11 is 0. The van der Waals surface area contributed by atoms with Crippen LogP contribution in [0, 0.1) is 0 Å². The van der Waals surface area contributed by atoms with Crippen LogP contribution in [0.25, 0.3) is 0 Å². The maximum absolute atomic E-state index is 9.04. The molecule has 0 radical (unpaired) electrons. The Balaban J connectivity index is 2.12. The molecular weight excluding hydrogens is 180 g/mol. The standard InChI is InChI=1S/C10H22N2O2/c1-10(8-13,9-14)11-4-7-12-5-2-3-6-12/h11,13-14H,2-9H2,1H3. The summed E-state index contributed by atoms with van der Waals surface area (Å²) < 4.78 is 0. The van der Waals surface area contributed by atoms with Crippen molar-refractivity contribution in [1.82, 2.24) is 10.2 Å². The van der Waals surface area contributed by atoms with Gasteiger partial charge in [-0.25, -0.2) is 0 Å². The summed E-state index contributed by atoms with van der Waals surface area (Å²) in [5.41, 5.74) is -0.528. The Bertz CT molecular complexity index is 154. The SMILES string of the molecule is CC(CO)(CO)NCCN1CCCC1. The molecule has 4 heteroatoms. The van der Waals surface area contributed by atoms with Crippen molar-refractivity contribution in [2.24, 2.45) is 0 Å². The predicted molar refractivity (Wildman–Crippen MR) is 56.3 cm³/mol. The monoisotopic (exact) mass is 202 g/mol. The highest BCUT2D eigenvalue weighted by atomic mass is 16.3. The first kappa shape index (κ1) is 11.9. The summed E-state index contributed by atoms with van der Waals surface area (Å²) in [4.78, 5) is 2.40. The average molecular weight is 202 g/mol. The van der Waals surface area contributed by atoms with Crippen molar-refractivity contribution in [2.45, 2.75) is 25.3 Å². The lowest BCUT2D eigenvalue weighted by atomic mass is 10.1. The highest BCUT2D eigenvalue weighted by Crippen LogP contribution is 2.06. The molecule has 0 aromatic carbocycles. The van der Waals surface area contributed by atoms with Gasteiger partial charge < -0.3 is 20.4 Å². The molecule has 1 rings (SSSR count). The molecule has 0 saturated carbocycles. The molecule has 84 valence electrons. The van der Waals surface area contributed by atoms with Crippen molar-refractivity contribution in [3.05, 3.63) is 0 Å². The van der Waals surface area contributed by atoms with Gasteiger partial charge in [-0.05, 0) is 32.9 Å². The fraction of sp³-hybridized carbons (Fsp3) is 1.00. The fourth-order valence-corrected chi connectivity index (χ4v) is 1.68. The molecule has 0 amide bonds. The molecule has 1 aliphatic heterocycles. The molecule has 3 N–H and O–H groups in total. The Kier molecular flexibility index (Phi) is 4.81. The van der Waals surface area contributed by atoms with Gasteiger partial charge in [0.05, 0.1) is 18.8 Å². The molecule has 4 nitrogen and oxygen atoms in total. The van der Waals surface area contributed by atoms with Crippen LogP contribution in [0.4, 0.5) is 0 Å². The van der Waals surface area contributed by atoms with Gasteiger partial charge in [0, 0.05) is 13.1 Å². The number of hydrogen-bond donors (Lipinski definition) is 3. The zero-order valence-electron chi connectivity index (χ0n) is 9.00. The van der Waals surface area contributed by atoms with Gasteiger partial charge in [0.1, 0.15) is 0 Å². The van der Waals surface area contributed by atoms with E-state index in [1.807, 2.05) is 6.92 Å². The number of likely N-dealkylation sites (tertiary alicyclic amines) is 1. The maximum Gasteiger partial charge on any atom is 0.0633 e. The Morgan fingerprint density at radius 1 is 1.21 bits per heavy atom. The van der Waals surface area contributed by atoms with Crippen molar-refractivity contribution < 1.29 is 10.2 Å². The molecule has 1 saturated heterocycles. The van der Waals surface area contributed by atoms with E-state index in [9.17, 15) is 0 Å². The van der Waals surface area contributed by atoms with Gasteiger partial charge in [-0.3, -0.25) is 0 Å². The number of nitrogens with zero attached hydrogens (tertiary/aromatic N) is 1. The smallest absolute Gasteiger partial charge is 0.0633 e. The van der Waals surface area contributed by atoms with E-state index in [0.29, 0.717) is 0 Å². The van der Waals surface area contributed by atoms with Crippen LogP contribution in [0.15, 0.2) is 0 Å². The first-order valence-electron chi connectivity index (χ1n) is 5.39. The predicted octanol–water partition coefficient (Wildman–Crippen LogP) is -0.585. The summed E-state index contributed by atoms with van der Waals surface area (Å²) in [7, 11) is 0. The average Bonchev–Trinajstić information content (AvgIpc) is 2.70. The van der Waals surface area contributed by atoms with E-state index in [1.165, 1.54) is 25.9 Å². The number of hydrogen-bond acceptors (Lipinski definition) is 4. The van der Waals surface area contributed by atoms with Crippen LogP contribution in [0.2, 0.25) is 0 Å². The van der Waals surface area contributed by atoms with Gasteiger partial charge in [-0.2, -0.15) is 0 Å². The Hall–Kier alpha value is -0.160. The van der Waals surface area contributed by atoms with E-state index in [0.717, 1.165) is 13.1 Å². The molecule has 14 heavy (non-hydrogen) atoms. The zero-order valence-corrected chi connectivity index (χ0v) is 9.00. The molecule has 0 bridgehead atoms. The molecule has 0 atom stereocenters. The van der Waals surface area contributed by atoms with Gasteiger partial charge in [-0.1, -0.05) is 0 Å². The summed E-state index contributed by atoms with van der Waals surface area (Å²) in [5, 5.41) is 21.3. The van der Waals surface area contributed by atoms with Crippen LogP contribution in [-0.2, 0) is 0 Å². The molecule has 1 aliphatic rings. The van der Waals surface area contributed by atoms with Crippen molar-refractivity contribution in [3.8, 4) is 0 Å². The molecule has 0 spiro atoms. The first-order chi connectivity index (χ1) is 6.70. The van der Waals surface area contributed by atoms with Gasteiger partial charge >= 0.3 is 0 Å². The fourth-order valence-electron chi connectivity index (χ4n) is 1.68. The third-order valence-corrected chi connectivity index (χ3v) is 2.88. The normalized spacial score (nSPS) is 19.1. The highest BCUT2D eigenvalue weighted by Gasteiger charge is 2.21. The highest BCUT2D eigenvalue weighted by molar-refractivity contribution is 4.81. The van der Waals surface area contributed by atoms with Crippen LogP contribution >= 0.6 is 0 Å². The number of aliphatic hydroxyl groups excluding tert-OH is 2. The minimum atomic E-state index is -0.528. The first-order valence-corrected chi connectivity index (χ1v) is 5.39. The molecule has 0 unspecified atom stereocenters. The molecule has 0 aliphatic carbocycles. The quantitative estimate of drug-likeness (QED) is 0.539. The van der Waals surface area contributed by atoms with Crippen molar-refractivity contribution in [3.63, 3.8) is 0 Å². The number of nitrogens with one attached hydrogen (secondary N) is 1. The van der Waals surface area contributed by atoms with E-state index in [-0.39, 0.29) is 13.2 Å². The van der Waals surface area contributed by atoms with Crippen LogP contribution < -0.4 is 5.32 Å². The van der Waals surface area contributed by atoms with Crippen LogP contribution in [-0.4, -0.2) is 60.0 Å². The Labute approximate surface area is 85.9 Å². The summed E-state index contributed by atoms with van der Waals surface area (Å²) in [6.07, 6.45) is 2.61. The third kappa shape index (κ3) is 3.53. The summed E-state index contributed by atoms with van der Waals surface area (Å²) in [6, 6.07) is 0. The zero-order chi connectivity index (χ0) is 10.4. The van der Waals surface area contributed by atoms with Crippen molar-refractivity contribution in [1.29, 1.82) is 0 Å². The van der Waals surface area contributed by atoms with Crippen molar-refractivity contribution >= 4 is 0 Å². The molecule has 1 heterocycles. The van der Waals surface area contributed by atoms with E-state index < -0.39 is 5.54 Å². The van der Waals surface area contributed by atoms with Crippen LogP contribution in [0.3, 0.4) is 0 Å². The maximum atomic E-state index is 9.04. The largest absolute Gasteiger partial charge is 0.394 e. The Morgan fingerprint density at radius 3 is 2.29 bits per heavy atom. The molecule has 1 fully saturated rings. The molecular formula is C10H22N2O2. The third-order valence-electron chi connectivity index (χ3n) is 2.88. The van der Waals surface area contributed by atoms with Crippen molar-refractivity contribution in [2.75, 3.05) is 39.4 Å². The minimum absolute atomic E-state index is 0.0243. The minimum Gasteiger partial charge on any atom is -0.394 e. The lowest BCUT2D eigenvalue weighted by molar-refractivity contribution is 0.102. The molecule has 0 aromatic heterocycles. The van der Waals surface area contributed by atoms with E-state index in [4.69, 9.17) is 10.2 Å². The lowest BCUT2D eigenvalue weighted by Gasteiger charge is -2.27. The molecule has 0 aromatic rings. The number of aliphatic hydroxyl groups is 2. The lowest BCUT2D eigenvalue weighted by Crippen LogP contribution is -2.51. The van der Waals surface area contributed by atoms with Gasteiger partial charge in [0.2, 0.25) is 0 Å². The topological polar surface area (TPSA) is 55.7 Å². The Morgan fingerprint density at radius 2 is 1.79 bits per heavy atom.